The van der Waals surface area contributed by atoms with E-state index in [1.165, 1.54) is 0 Å². The van der Waals surface area contributed by atoms with Crippen LogP contribution < -0.4 is 0 Å². The molecule has 0 bridgehead atoms. The van der Waals surface area contributed by atoms with Gasteiger partial charge in [-0.05, 0) is 23.5 Å². The van der Waals surface area contributed by atoms with Gasteiger partial charge >= 0.3 is 0 Å². The number of carbonyl (C=O) groups excluding carboxylic acids is 1. The lowest BCUT2D eigenvalue weighted by molar-refractivity contribution is 0.111. The van der Waals surface area contributed by atoms with Crippen LogP contribution in [-0.4, -0.2) is 11.3 Å². The average Bonchev–Trinajstić information content (AvgIpc) is 2.02. The number of nitrogens with zero attached hydrogens (tertiary/aromatic N) is 1. The zero-order chi connectivity index (χ0) is 9.90. The number of aromatic nitrogens is 1. The summed E-state index contributed by atoms with van der Waals surface area (Å²) < 4.78 is 0. The van der Waals surface area contributed by atoms with Crippen molar-refractivity contribution in [2.24, 2.45) is 5.41 Å². The number of rotatable bonds is 2. The molecule has 0 saturated heterocycles. The fourth-order valence-electron chi connectivity index (χ4n) is 1.28. The Morgan fingerprint density at radius 1 is 1.46 bits per heavy atom. The van der Waals surface area contributed by atoms with Crippen LogP contribution in [0.15, 0.2) is 18.3 Å². The number of hydrogen-bond donors (Lipinski definition) is 0. The van der Waals surface area contributed by atoms with Gasteiger partial charge in [0.2, 0.25) is 0 Å². The lowest BCUT2D eigenvalue weighted by Crippen LogP contribution is -2.11. The van der Waals surface area contributed by atoms with E-state index >= 15 is 0 Å². The van der Waals surface area contributed by atoms with Crippen molar-refractivity contribution >= 4 is 6.29 Å². The lowest BCUT2D eigenvalue weighted by atomic mass is 9.88. The van der Waals surface area contributed by atoms with E-state index < -0.39 is 0 Å². The van der Waals surface area contributed by atoms with E-state index in [1.54, 1.807) is 6.20 Å². The zero-order valence-corrected chi connectivity index (χ0v) is 8.37. The summed E-state index contributed by atoms with van der Waals surface area (Å²) in [6.07, 6.45) is 3.35. The van der Waals surface area contributed by atoms with E-state index in [2.05, 4.69) is 25.8 Å². The summed E-state index contributed by atoms with van der Waals surface area (Å²) in [7, 11) is 0. The molecule has 0 saturated carbocycles. The number of carbonyl (C=O) groups is 1. The summed E-state index contributed by atoms with van der Waals surface area (Å²) in [6, 6.07) is 3.83. The van der Waals surface area contributed by atoms with Gasteiger partial charge in [-0.2, -0.15) is 0 Å². The molecule has 0 N–H and O–H groups in total. The minimum atomic E-state index is 0.195. The molecule has 0 atom stereocenters. The molecule has 1 rings (SSSR count). The van der Waals surface area contributed by atoms with Gasteiger partial charge in [0.1, 0.15) is 5.69 Å². The maximum Gasteiger partial charge on any atom is 0.168 e. The molecule has 1 aromatic heterocycles. The first-order chi connectivity index (χ1) is 6.03. The number of pyridine rings is 1. The third-order valence-corrected chi connectivity index (χ3v) is 1.76. The Hall–Kier alpha value is -1.18. The van der Waals surface area contributed by atoms with Crippen molar-refractivity contribution in [3.8, 4) is 0 Å². The van der Waals surface area contributed by atoms with Crippen LogP contribution in [0.1, 0.15) is 36.8 Å². The molecule has 0 amide bonds. The van der Waals surface area contributed by atoms with Crippen LogP contribution in [0, 0.1) is 5.41 Å². The molecule has 1 aromatic rings. The molecule has 0 radical (unpaired) electrons. The summed E-state index contributed by atoms with van der Waals surface area (Å²) >= 11 is 0. The van der Waals surface area contributed by atoms with Crippen LogP contribution in [0.2, 0.25) is 0 Å². The minimum Gasteiger partial charge on any atom is -0.296 e. The molecule has 13 heavy (non-hydrogen) atoms. The van der Waals surface area contributed by atoms with Crippen molar-refractivity contribution in [3.63, 3.8) is 0 Å². The van der Waals surface area contributed by atoms with E-state index in [0.29, 0.717) is 5.69 Å². The highest BCUT2D eigenvalue weighted by Crippen LogP contribution is 2.21. The maximum absolute atomic E-state index is 10.7. The van der Waals surface area contributed by atoms with Crippen molar-refractivity contribution in [1.29, 1.82) is 0 Å². The van der Waals surface area contributed by atoms with E-state index in [4.69, 9.17) is 0 Å². The standard InChI is InChI=1S/C11H15NO/c1-11(2,3)7-9-5-4-6-12-10(9)8-13/h4-6,8H,7H2,1-3H3. The van der Waals surface area contributed by atoms with Crippen LogP contribution in [0.5, 0.6) is 0 Å². The quantitative estimate of drug-likeness (QED) is 0.649. The first kappa shape index (κ1) is 9.90. The third kappa shape index (κ3) is 2.98. The molecule has 0 unspecified atom stereocenters. The molecule has 0 aromatic carbocycles. The van der Waals surface area contributed by atoms with Gasteiger partial charge in [-0.1, -0.05) is 26.8 Å². The summed E-state index contributed by atoms with van der Waals surface area (Å²) in [6.45, 7) is 6.44. The van der Waals surface area contributed by atoms with Gasteiger partial charge in [0, 0.05) is 6.20 Å². The molecule has 70 valence electrons. The van der Waals surface area contributed by atoms with Crippen molar-refractivity contribution in [2.75, 3.05) is 0 Å². The van der Waals surface area contributed by atoms with E-state index in [0.717, 1.165) is 18.3 Å². The minimum absolute atomic E-state index is 0.195. The van der Waals surface area contributed by atoms with Crippen LogP contribution >= 0.6 is 0 Å². The molecular weight excluding hydrogens is 162 g/mol. The van der Waals surface area contributed by atoms with Crippen LogP contribution in [-0.2, 0) is 6.42 Å². The Labute approximate surface area is 79.0 Å². The number of aldehydes is 1. The second kappa shape index (κ2) is 3.69. The van der Waals surface area contributed by atoms with E-state index in [-0.39, 0.29) is 5.41 Å². The largest absolute Gasteiger partial charge is 0.296 e. The van der Waals surface area contributed by atoms with Gasteiger partial charge in [-0.15, -0.1) is 0 Å². The Kier molecular flexibility index (Phi) is 2.81. The third-order valence-electron chi connectivity index (χ3n) is 1.76. The highest BCUT2D eigenvalue weighted by atomic mass is 16.1. The van der Waals surface area contributed by atoms with Gasteiger partial charge in [0.15, 0.2) is 6.29 Å². The van der Waals surface area contributed by atoms with Crippen molar-refractivity contribution in [1.82, 2.24) is 4.98 Å². The van der Waals surface area contributed by atoms with Gasteiger partial charge in [-0.3, -0.25) is 9.78 Å². The number of hydrogen-bond acceptors (Lipinski definition) is 2. The molecule has 0 aliphatic carbocycles. The lowest BCUT2D eigenvalue weighted by Gasteiger charge is -2.18. The highest BCUT2D eigenvalue weighted by Gasteiger charge is 2.13. The fraction of sp³-hybridized carbons (Fsp3) is 0.455. The molecular formula is C11H15NO. The topological polar surface area (TPSA) is 30.0 Å². The smallest absolute Gasteiger partial charge is 0.168 e. The summed E-state index contributed by atoms with van der Waals surface area (Å²) in [5.41, 5.74) is 1.79. The first-order valence-corrected chi connectivity index (χ1v) is 4.42. The molecule has 0 aliphatic rings. The summed E-state index contributed by atoms with van der Waals surface area (Å²) in [4.78, 5) is 14.7. The summed E-state index contributed by atoms with van der Waals surface area (Å²) in [5, 5.41) is 0. The van der Waals surface area contributed by atoms with Crippen LogP contribution in [0.3, 0.4) is 0 Å². The molecule has 2 heteroatoms. The first-order valence-electron chi connectivity index (χ1n) is 4.42. The SMILES string of the molecule is CC(C)(C)Cc1cccnc1C=O. The highest BCUT2D eigenvalue weighted by molar-refractivity contribution is 5.74. The molecule has 0 fully saturated rings. The Morgan fingerprint density at radius 3 is 2.69 bits per heavy atom. The van der Waals surface area contributed by atoms with E-state index in [1.807, 2.05) is 12.1 Å². The van der Waals surface area contributed by atoms with Crippen LogP contribution in [0.4, 0.5) is 0 Å². The monoisotopic (exact) mass is 177 g/mol. The van der Waals surface area contributed by atoms with Gasteiger partial charge in [-0.25, -0.2) is 0 Å². The fourth-order valence-corrected chi connectivity index (χ4v) is 1.28. The van der Waals surface area contributed by atoms with Crippen molar-refractivity contribution < 1.29 is 4.79 Å². The van der Waals surface area contributed by atoms with Crippen molar-refractivity contribution in [2.45, 2.75) is 27.2 Å². The Bertz CT molecular complexity index is 299. The molecule has 2 nitrogen and oxygen atoms in total. The predicted octanol–water partition coefficient (Wildman–Crippen LogP) is 2.48. The molecule has 0 aliphatic heterocycles. The summed E-state index contributed by atoms with van der Waals surface area (Å²) in [5.74, 6) is 0. The van der Waals surface area contributed by atoms with E-state index in [9.17, 15) is 4.79 Å². The Balaban J connectivity index is 2.94. The molecule has 0 spiro atoms. The normalized spacial score (nSPS) is 11.3. The second-order valence-electron chi connectivity index (χ2n) is 4.40. The zero-order valence-electron chi connectivity index (χ0n) is 8.37. The maximum atomic E-state index is 10.7. The average molecular weight is 177 g/mol. The Morgan fingerprint density at radius 2 is 2.15 bits per heavy atom. The van der Waals surface area contributed by atoms with Gasteiger partial charge < -0.3 is 0 Å². The van der Waals surface area contributed by atoms with Gasteiger partial charge in [0.05, 0.1) is 0 Å². The van der Waals surface area contributed by atoms with Gasteiger partial charge in [0.25, 0.3) is 0 Å². The second-order valence-corrected chi connectivity index (χ2v) is 4.40. The van der Waals surface area contributed by atoms with Crippen LogP contribution in [0.25, 0.3) is 0 Å². The predicted molar refractivity (Wildman–Crippen MR) is 52.8 cm³/mol. The molecule has 1 heterocycles. The van der Waals surface area contributed by atoms with Crippen molar-refractivity contribution in [3.05, 3.63) is 29.6 Å².